The highest BCUT2D eigenvalue weighted by atomic mass is 79.9. The Morgan fingerprint density at radius 1 is 1.26 bits per heavy atom. The van der Waals surface area contributed by atoms with Crippen LogP contribution in [0, 0.1) is 0 Å². The third kappa shape index (κ3) is 4.27. The van der Waals surface area contributed by atoms with Gasteiger partial charge in [0.25, 0.3) is 5.91 Å². The zero-order chi connectivity index (χ0) is 16.1. The minimum Gasteiger partial charge on any atom is -0.376 e. The minimum absolute atomic E-state index is 0.114. The van der Waals surface area contributed by atoms with Crippen LogP contribution in [0.2, 0.25) is 0 Å². The third-order valence-electron chi connectivity index (χ3n) is 3.55. The Bertz CT molecular complexity index is 672. The molecule has 1 fully saturated rings. The van der Waals surface area contributed by atoms with Crippen LogP contribution in [0.1, 0.15) is 23.3 Å². The van der Waals surface area contributed by atoms with Gasteiger partial charge in [-0.15, -0.1) is 10.2 Å². The van der Waals surface area contributed by atoms with Crippen LogP contribution in [0.15, 0.2) is 40.9 Å². The number of aromatic nitrogens is 2. The lowest BCUT2D eigenvalue weighted by Crippen LogP contribution is -2.32. The topological polar surface area (TPSA) is 76.1 Å². The van der Waals surface area contributed by atoms with Crippen LogP contribution in [0.5, 0.6) is 0 Å². The highest BCUT2D eigenvalue weighted by Crippen LogP contribution is 2.24. The molecule has 23 heavy (non-hydrogen) atoms. The number of hydrogen-bond acceptors (Lipinski definition) is 5. The van der Waals surface area contributed by atoms with Crippen molar-refractivity contribution in [2.45, 2.75) is 18.9 Å². The number of carbonyl (C=O) groups excluding carboxylic acids is 1. The van der Waals surface area contributed by atoms with Crippen LogP contribution < -0.4 is 10.6 Å². The minimum atomic E-state index is -0.236. The van der Waals surface area contributed by atoms with Crippen LogP contribution in [0.3, 0.4) is 0 Å². The quantitative estimate of drug-likeness (QED) is 0.838. The van der Waals surface area contributed by atoms with E-state index in [1.807, 2.05) is 24.3 Å². The number of hydrogen-bond donors (Lipinski definition) is 2. The first kappa shape index (κ1) is 15.9. The number of amides is 1. The van der Waals surface area contributed by atoms with E-state index in [4.69, 9.17) is 4.74 Å². The Balaban J connectivity index is 1.58. The molecule has 7 heteroatoms. The Morgan fingerprint density at radius 2 is 2.13 bits per heavy atom. The molecule has 2 N–H and O–H groups in total. The van der Waals surface area contributed by atoms with Gasteiger partial charge in [0.15, 0.2) is 11.5 Å². The number of carbonyl (C=O) groups is 1. The average molecular weight is 377 g/mol. The molecule has 1 aromatic heterocycles. The summed E-state index contributed by atoms with van der Waals surface area (Å²) in [6.45, 7) is 1.28. The Labute approximate surface area is 142 Å². The van der Waals surface area contributed by atoms with E-state index in [2.05, 4.69) is 36.8 Å². The molecule has 1 aliphatic heterocycles. The lowest BCUT2D eigenvalue weighted by Gasteiger charge is -2.10. The molecule has 1 unspecified atom stereocenters. The van der Waals surface area contributed by atoms with Crippen LogP contribution in [0.4, 0.5) is 11.5 Å². The first-order chi connectivity index (χ1) is 11.2. The summed E-state index contributed by atoms with van der Waals surface area (Å²) in [6.07, 6.45) is 2.15. The predicted molar refractivity (Wildman–Crippen MR) is 90.8 cm³/mol. The Kier molecular flexibility index (Phi) is 5.19. The zero-order valence-corrected chi connectivity index (χ0v) is 14.0. The maximum absolute atomic E-state index is 12.0. The molecule has 2 aromatic rings. The molecule has 1 atom stereocenters. The molecule has 0 spiro atoms. The SMILES string of the molecule is O=C(NCC1CCCO1)c1ccc(Nc2ccccc2Br)nn1. The van der Waals surface area contributed by atoms with Gasteiger partial charge in [-0.1, -0.05) is 12.1 Å². The van der Waals surface area contributed by atoms with E-state index in [-0.39, 0.29) is 12.0 Å². The van der Waals surface area contributed by atoms with Crippen LogP contribution in [-0.4, -0.2) is 35.4 Å². The van der Waals surface area contributed by atoms with Crippen molar-refractivity contribution in [3.05, 3.63) is 46.6 Å². The number of rotatable bonds is 5. The van der Waals surface area contributed by atoms with Crippen molar-refractivity contribution < 1.29 is 9.53 Å². The fourth-order valence-corrected chi connectivity index (χ4v) is 2.71. The van der Waals surface area contributed by atoms with Gasteiger partial charge in [0, 0.05) is 17.6 Å². The van der Waals surface area contributed by atoms with Crippen molar-refractivity contribution in [3.63, 3.8) is 0 Å². The summed E-state index contributed by atoms with van der Waals surface area (Å²) in [4.78, 5) is 12.0. The van der Waals surface area contributed by atoms with Gasteiger partial charge in [-0.05, 0) is 53.0 Å². The maximum Gasteiger partial charge on any atom is 0.271 e. The first-order valence-electron chi connectivity index (χ1n) is 7.47. The van der Waals surface area contributed by atoms with E-state index >= 15 is 0 Å². The van der Waals surface area contributed by atoms with Gasteiger partial charge in [0.05, 0.1) is 11.8 Å². The molecule has 1 amide bonds. The maximum atomic E-state index is 12.0. The van der Waals surface area contributed by atoms with Crippen molar-refractivity contribution in [1.82, 2.24) is 15.5 Å². The standard InChI is InChI=1S/C16H17BrN4O2/c17-12-5-1-2-6-13(12)19-15-8-7-14(20-21-15)16(22)18-10-11-4-3-9-23-11/h1-2,5-8,11H,3-4,9-10H2,(H,18,22)(H,19,21). The second-order valence-electron chi connectivity index (χ2n) is 5.25. The monoisotopic (exact) mass is 376 g/mol. The largest absolute Gasteiger partial charge is 0.376 e. The van der Waals surface area contributed by atoms with Crippen molar-refractivity contribution in [3.8, 4) is 0 Å². The number of halogens is 1. The Hall–Kier alpha value is -1.99. The van der Waals surface area contributed by atoms with E-state index in [9.17, 15) is 4.79 Å². The molecule has 1 aliphatic rings. The second-order valence-corrected chi connectivity index (χ2v) is 6.11. The van der Waals surface area contributed by atoms with Crippen molar-refractivity contribution in [2.75, 3.05) is 18.5 Å². The van der Waals surface area contributed by atoms with E-state index in [0.29, 0.717) is 18.1 Å². The fourth-order valence-electron chi connectivity index (χ4n) is 2.32. The smallest absolute Gasteiger partial charge is 0.271 e. The summed E-state index contributed by atoms with van der Waals surface area (Å²) < 4.78 is 6.40. The number of para-hydroxylation sites is 1. The summed E-state index contributed by atoms with van der Waals surface area (Å²) in [7, 11) is 0. The lowest BCUT2D eigenvalue weighted by molar-refractivity contribution is 0.0853. The molecule has 120 valence electrons. The van der Waals surface area contributed by atoms with E-state index in [1.54, 1.807) is 12.1 Å². The van der Waals surface area contributed by atoms with Gasteiger partial charge in [-0.25, -0.2) is 0 Å². The van der Waals surface area contributed by atoms with E-state index in [1.165, 1.54) is 0 Å². The van der Waals surface area contributed by atoms with E-state index in [0.717, 1.165) is 29.6 Å². The van der Waals surface area contributed by atoms with Crippen molar-refractivity contribution in [2.24, 2.45) is 0 Å². The molecule has 0 bridgehead atoms. The van der Waals surface area contributed by atoms with Gasteiger partial charge in [0.1, 0.15) is 0 Å². The second kappa shape index (κ2) is 7.52. The molecule has 3 rings (SSSR count). The summed E-state index contributed by atoms with van der Waals surface area (Å²) in [5, 5.41) is 14.0. The van der Waals surface area contributed by atoms with Crippen molar-refractivity contribution >= 4 is 33.3 Å². The average Bonchev–Trinajstić information content (AvgIpc) is 3.09. The summed E-state index contributed by atoms with van der Waals surface area (Å²) in [6, 6.07) is 11.1. The van der Waals surface area contributed by atoms with Gasteiger partial charge in [-0.3, -0.25) is 4.79 Å². The third-order valence-corrected chi connectivity index (χ3v) is 4.24. The molecule has 0 radical (unpaired) electrons. The van der Waals surface area contributed by atoms with Crippen LogP contribution in [-0.2, 0) is 4.74 Å². The van der Waals surface area contributed by atoms with Gasteiger partial charge in [-0.2, -0.15) is 0 Å². The number of anilines is 2. The molecule has 1 aromatic carbocycles. The Morgan fingerprint density at radius 3 is 2.83 bits per heavy atom. The van der Waals surface area contributed by atoms with E-state index < -0.39 is 0 Å². The van der Waals surface area contributed by atoms with Crippen LogP contribution >= 0.6 is 15.9 Å². The van der Waals surface area contributed by atoms with Gasteiger partial charge < -0.3 is 15.4 Å². The summed E-state index contributed by atoms with van der Waals surface area (Å²) >= 11 is 3.46. The van der Waals surface area contributed by atoms with Gasteiger partial charge >= 0.3 is 0 Å². The summed E-state index contributed by atoms with van der Waals surface area (Å²) in [5.74, 6) is 0.341. The fraction of sp³-hybridized carbons (Fsp3) is 0.312. The highest BCUT2D eigenvalue weighted by Gasteiger charge is 2.17. The van der Waals surface area contributed by atoms with Gasteiger partial charge in [0.2, 0.25) is 0 Å². The molecule has 2 heterocycles. The first-order valence-corrected chi connectivity index (χ1v) is 8.27. The number of ether oxygens (including phenoxy) is 1. The molecular weight excluding hydrogens is 360 g/mol. The van der Waals surface area contributed by atoms with Crippen molar-refractivity contribution in [1.29, 1.82) is 0 Å². The normalized spacial score (nSPS) is 17.0. The molecule has 0 saturated carbocycles. The number of benzene rings is 1. The van der Waals surface area contributed by atoms with Crippen LogP contribution in [0.25, 0.3) is 0 Å². The zero-order valence-electron chi connectivity index (χ0n) is 12.5. The molecule has 6 nitrogen and oxygen atoms in total. The number of nitrogens with one attached hydrogen (secondary N) is 2. The molecule has 1 saturated heterocycles. The highest BCUT2D eigenvalue weighted by molar-refractivity contribution is 9.10. The predicted octanol–water partition coefficient (Wildman–Crippen LogP) is 2.89. The lowest BCUT2D eigenvalue weighted by atomic mass is 10.2. The number of nitrogens with zero attached hydrogens (tertiary/aromatic N) is 2. The molecule has 0 aliphatic carbocycles. The summed E-state index contributed by atoms with van der Waals surface area (Å²) in [5.41, 5.74) is 1.18. The molecular formula is C16H17BrN4O2.